The molecule has 27 heavy (non-hydrogen) atoms. The van der Waals surface area contributed by atoms with Crippen LogP contribution in [0.25, 0.3) is 0 Å². The number of hydrogen-bond acceptors (Lipinski definition) is 3. The molecule has 1 aromatic heterocycles. The fourth-order valence-corrected chi connectivity index (χ4v) is 3.66. The van der Waals surface area contributed by atoms with Crippen molar-refractivity contribution in [1.29, 1.82) is 0 Å². The molecule has 0 bridgehead atoms. The standard InChI is InChI=1S/C21H26N4O2/c1-14-4-3-5-17(10-14)21(27)25-9-8-24-13-18(23-20(24)15(25)2)11-19(26)22-12-16-6-7-16/h3-5,10,13,15-16H,6-9,11-12H2,1-2H3,(H,22,26). The van der Waals surface area contributed by atoms with Crippen LogP contribution >= 0.6 is 0 Å². The van der Waals surface area contributed by atoms with Gasteiger partial charge < -0.3 is 14.8 Å². The first kappa shape index (κ1) is 17.8. The first-order valence-electron chi connectivity index (χ1n) is 9.71. The Balaban J connectivity index is 1.45. The molecular weight excluding hydrogens is 340 g/mol. The van der Waals surface area contributed by atoms with E-state index >= 15 is 0 Å². The molecule has 1 aliphatic heterocycles. The van der Waals surface area contributed by atoms with Crippen LogP contribution in [-0.4, -0.2) is 39.4 Å². The van der Waals surface area contributed by atoms with Crippen LogP contribution in [0.1, 0.15) is 53.2 Å². The molecule has 1 aromatic carbocycles. The third kappa shape index (κ3) is 3.89. The van der Waals surface area contributed by atoms with Crippen LogP contribution in [0.15, 0.2) is 30.5 Å². The average molecular weight is 366 g/mol. The first-order chi connectivity index (χ1) is 13.0. The fourth-order valence-electron chi connectivity index (χ4n) is 3.66. The van der Waals surface area contributed by atoms with E-state index in [0.717, 1.165) is 23.6 Å². The Hall–Kier alpha value is -2.63. The van der Waals surface area contributed by atoms with Gasteiger partial charge in [0.05, 0.1) is 18.2 Å². The first-order valence-corrected chi connectivity index (χ1v) is 9.71. The number of aromatic nitrogens is 2. The molecule has 6 heteroatoms. The lowest BCUT2D eigenvalue weighted by molar-refractivity contribution is -0.120. The summed E-state index contributed by atoms with van der Waals surface area (Å²) in [5, 5.41) is 2.99. The van der Waals surface area contributed by atoms with Gasteiger partial charge in [-0.3, -0.25) is 9.59 Å². The Morgan fingerprint density at radius 3 is 2.81 bits per heavy atom. The van der Waals surface area contributed by atoms with Crippen molar-refractivity contribution in [1.82, 2.24) is 19.8 Å². The van der Waals surface area contributed by atoms with Gasteiger partial charge in [-0.05, 0) is 44.7 Å². The van der Waals surface area contributed by atoms with E-state index < -0.39 is 0 Å². The molecule has 6 nitrogen and oxygen atoms in total. The molecule has 2 amide bonds. The zero-order chi connectivity index (χ0) is 19.0. The highest BCUT2D eigenvalue weighted by Crippen LogP contribution is 2.28. The highest BCUT2D eigenvalue weighted by atomic mass is 16.2. The summed E-state index contributed by atoms with van der Waals surface area (Å²) in [5.74, 6) is 1.58. The van der Waals surface area contributed by atoms with Crippen molar-refractivity contribution in [2.75, 3.05) is 13.1 Å². The Labute approximate surface area is 159 Å². The van der Waals surface area contributed by atoms with E-state index in [1.54, 1.807) is 0 Å². The summed E-state index contributed by atoms with van der Waals surface area (Å²) in [6.45, 7) is 6.12. The number of carbonyl (C=O) groups excluding carboxylic acids is 2. The fraction of sp³-hybridized carbons (Fsp3) is 0.476. The maximum absolute atomic E-state index is 12.9. The highest BCUT2D eigenvalue weighted by molar-refractivity contribution is 5.94. The molecule has 142 valence electrons. The molecule has 1 fully saturated rings. The third-order valence-electron chi connectivity index (χ3n) is 5.43. The quantitative estimate of drug-likeness (QED) is 0.884. The Morgan fingerprint density at radius 1 is 1.26 bits per heavy atom. The van der Waals surface area contributed by atoms with Crippen LogP contribution in [0.5, 0.6) is 0 Å². The van der Waals surface area contributed by atoms with Crippen LogP contribution < -0.4 is 5.32 Å². The molecule has 2 aromatic rings. The van der Waals surface area contributed by atoms with Crippen molar-refractivity contribution in [3.63, 3.8) is 0 Å². The van der Waals surface area contributed by atoms with E-state index in [0.29, 0.717) is 31.0 Å². The predicted octanol–water partition coefficient (Wildman–Crippen LogP) is 2.48. The topological polar surface area (TPSA) is 67.2 Å². The van der Waals surface area contributed by atoms with Crippen molar-refractivity contribution in [2.45, 2.75) is 45.7 Å². The predicted molar refractivity (Wildman–Crippen MR) is 102 cm³/mol. The van der Waals surface area contributed by atoms with Crippen LogP contribution in [0.2, 0.25) is 0 Å². The van der Waals surface area contributed by atoms with Crippen molar-refractivity contribution >= 4 is 11.8 Å². The minimum Gasteiger partial charge on any atom is -0.355 e. The molecule has 1 unspecified atom stereocenters. The minimum atomic E-state index is -0.116. The summed E-state index contributed by atoms with van der Waals surface area (Å²) in [6, 6.07) is 7.57. The molecule has 1 aliphatic carbocycles. The zero-order valence-electron chi connectivity index (χ0n) is 15.9. The summed E-state index contributed by atoms with van der Waals surface area (Å²) in [4.78, 5) is 31.6. The van der Waals surface area contributed by atoms with Gasteiger partial charge >= 0.3 is 0 Å². The Bertz CT molecular complexity index is 869. The molecule has 2 aliphatic rings. The summed E-state index contributed by atoms with van der Waals surface area (Å²) in [6.07, 6.45) is 4.70. The second-order valence-electron chi connectivity index (χ2n) is 7.75. The number of amides is 2. The summed E-state index contributed by atoms with van der Waals surface area (Å²) in [5.41, 5.74) is 2.56. The lowest BCUT2D eigenvalue weighted by Crippen LogP contribution is -2.41. The summed E-state index contributed by atoms with van der Waals surface area (Å²) in [7, 11) is 0. The monoisotopic (exact) mass is 366 g/mol. The number of rotatable bonds is 5. The summed E-state index contributed by atoms with van der Waals surface area (Å²) < 4.78 is 2.08. The molecule has 1 atom stereocenters. The number of imidazole rings is 1. The average Bonchev–Trinajstić information content (AvgIpc) is 3.39. The molecule has 1 N–H and O–H groups in total. The molecule has 4 rings (SSSR count). The SMILES string of the molecule is Cc1cccc(C(=O)N2CCn3cc(CC(=O)NCC4CC4)nc3C2C)c1. The number of benzene rings is 1. The lowest BCUT2D eigenvalue weighted by atomic mass is 10.1. The second kappa shape index (κ2) is 7.18. The number of nitrogens with one attached hydrogen (secondary N) is 1. The van der Waals surface area contributed by atoms with Crippen LogP contribution in [0, 0.1) is 12.8 Å². The van der Waals surface area contributed by atoms with Gasteiger partial charge in [-0.2, -0.15) is 0 Å². The van der Waals surface area contributed by atoms with E-state index in [9.17, 15) is 9.59 Å². The Morgan fingerprint density at radius 2 is 2.07 bits per heavy atom. The van der Waals surface area contributed by atoms with Gasteiger partial charge in [-0.1, -0.05) is 17.7 Å². The molecule has 1 saturated carbocycles. The normalized spacial score (nSPS) is 18.9. The number of hydrogen-bond donors (Lipinski definition) is 1. The number of carbonyl (C=O) groups is 2. The summed E-state index contributed by atoms with van der Waals surface area (Å²) >= 11 is 0. The largest absolute Gasteiger partial charge is 0.355 e. The molecule has 2 heterocycles. The van der Waals surface area contributed by atoms with E-state index in [2.05, 4.69) is 14.9 Å². The number of nitrogens with zero attached hydrogens (tertiary/aromatic N) is 3. The Kier molecular flexibility index (Phi) is 4.72. The highest BCUT2D eigenvalue weighted by Gasteiger charge is 2.30. The number of aryl methyl sites for hydroxylation is 1. The minimum absolute atomic E-state index is 0.0256. The zero-order valence-corrected chi connectivity index (χ0v) is 15.9. The van der Waals surface area contributed by atoms with Crippen LogP contribution in [-0.2, 0) is 17.8 Å². The van der Waals surface area contributed by atoms with Gasteiger partial charge in [-0.15, -0.1) is 0 Å². The smallest absolute Gasteiger partial charge is 0.254 e. The molecule has 0 saturated heterocycles. The third-order valence-corrected chi connectivity index (χ3v) is 5.43. The second-order valence-corrected chi connectivity index (χ2v) is 7.75. The van der Waals surface area contributed by atoms with Gasteiger partial charge in [0.2, 0.25) is 5.91 Å². The lowest BCUT2D eigenvalue weighted by Gasteiger charge is -2.33. The van der Waals surface area contributed by atoms with Crippen molar-refractivity contribution < 1.29 is 9.59 Å². The van der Waals surface area contributed by atoms with Gasteiger partial charge in [-0.25, -0.2) is 4.98 Å². The molecular formula is C21H26N4O2. The van der Waals surface area contributed by atoms with Gasteiger partial charge in [0.25, 0.3) is 5.91 Å². The van der Waals surface area contributed by atoms with E-state index in [4.69, 9.17) is 0 Å². The van der Waals surface area contributed by atoms with Crippen LogP contribution in [0.4, 0.5) is 0 Å². The van der Waals surface area contributed by atoms with Crippen LogP contribution in [0.3, 0.4) is 0 Å². The number of fused-ring (bicyclic) bond motifs is 1. The molecule has 0 spiro atoms. The van der Waals surface area contributed by atoms with Crippen molar-refractivity contribution in [3.05, 3.63) is 53.1 Å². The van der Waals surface area contributed by atoms with Crippen molar-refractivity contribution in [3.8, 4) is 0 Å². The van der Waals surface area contributed by atoms with Gasteiger partial charge in [0.15, 0.2) is 0 Å². The maximum Gasteiger partial charge on any atom is 0.254 e. The van der Waals surface area contributed by atoms with Crippen molar-refractivity contribution in [2.24, 2.45) is 5.92 Å². The maximum atomic E-state index is 12.9. The van der Waals surface area contributed by atoms with Gasteiger partial charge in [0.1, 0.15) is 5.82 Å². The van der Waals surface area contributed by atoms with E-state index in [1.807, 2.05) is 49.2 Å². The van der Waals surface area contributed by atoms with E-state index in [-0.39, 0.29) is 17.9 Å². The van der Waals surface area contributed by atoms with E-state index in [1.165, 1.54) is 12.8 Å². The van der Waals surface area contributed by atoms with Gasteiger partial charge in [0, 0.05) is 31.4 Å². The molecule has 0 radical (unpaired) electrons.